The largest absolute Gasteiger partial charge is 0.381 e. The molecule has 0 aromatic heterocycles. The summed E-state index contributed by atoms with van der Waals surface area (Å²) >= 11 is 0. The van der Waals surface area contributed by atoms with Gasteiger partial charge in [-0.2, -0.15) is 0 Å². The molecule has 0 aliphatic carbocycles. The number of hydroxylamine groups is 2. The topological polar surface area (TPSA) is 60.0 Å². The predicted molar refractivity (Wildman–Crippen MR) is 84.9 cm³/mol. The average molecular weight is 320 g/mol. The molecule has 6 nitrogen and oxygen atoms in total. The quantitative estimate of drug-likeness (QED) is 0.919. The van der Waals surface area contributed by atoms with Crippen molar-refractivity contribution in [2.45, 2.75) is 24.9 Å². The van der Waals surface area contributed by atoms with E-state index in [1.54, 1.807) is 7.11 Å². The van der Waals surface area contributed by atoms with Crippen LogP contribution < -0.4 is 5.32 Å². The monoisotopic (exact) mass is 320 g/mol. The first kappa shape index (κ1) is 16.2. The smallest absolute Gasteiger partial charge is 0.341 e. The van der Waals surface area contributed by atoms with Gasteiger partial charge >= 0.3 is 6.03 Å². The predicted octanol–water partition coefficient (Wildman–Crippen LogP) is 1.84. The lowest BCUT2D eigenvalue weighted by Crippen LogP contribution is -2.52. The van der Waals surface area contributed by atoms with Gasteiger partial charge in [-0.25, -0.2) is 9.86 Å². The Bertz CT molecular complexity index is 545. The molecular weight excluding hydrogens is 296 g/mol. The Morgan fingerprint density at radius 1 is 1.35 bits per heavy atom. The maximum absolute atomic E-state index is 12.3. The van der Waals surface area contributed by atoms with E-state index in [9.17, 15) is 4.79 Å². The molecule has 0 spiro atoms. The van der Waals surface area contributed by atoms with E-state index in [2.05, 4.69) is 17.4 Å². The first-order valence-corrected chi connectivity index (χ1v) is 8.15. The average Bonchev–Trinajstić information content (AvgIpc) is 2.61. The number of benzene rings is 1. The molecule has 3 rings (SSSR count). The van der Waals surface area contributed by atoms with Crippen molar-refractivity contribution in [2.75, 3.05) is 40.0 Å². The van der Waals surface area contributed by atoms with E-state index in [-0.39, 0.29) is 6.03 Å². The highest BCUT2D eigenvalue weighted by molar-refractivity contribution is 5.73. The van der Waals surface area contributed by atoms with Crippen molar-refractivity contribution in [1.29, 1.82) is 0 Å². The molecule has 126 valence electrons. The minimum Gasteiger partial charge on any atom is -0.381 e. The van der Waals surface area contributed by atoms with Crippen LogP contribution >= 0.6 is 0 Å². The molecule has 23 heavy (non-hydrogen) atoms. The van der Waals surface area contributed by atoms with Crippen LogP contribution in [0.2, 0.25) is 0 Å². The normalized spacial score (nSPS) is 24.1. The van der Waals surface area contributed by atoms with Gasteiger partial charge in [-0.15, -0.1) is 0 Å². The van der Waals surface area contributed by atoms with E-state index in [0.717, 1.165) is 24.8 Å². The van der Waals surface area contributed by atoms with E-state index < -0.39 is 5.60 Å². The number of nitrogens with one attached hydrogen (secondary N) is 1. The van der Waals surface area contributed by atoms with Crippen molar-refractivity contribution >= 4 is 6.03 Å². The summed E-state index contributed by atoms with van der Waals surface area (Å²) in [6.07, 6.45) is 2.84. The lowest BCUT2D eigenvalue weighted by atomic mass is 9.86. The molecule has 1 N–H and O–H groups in total. The van der Waals surface area contributed by atoms with Crippen molar-refractivity contribution in [2.24, 2.45) is 0 Å². The highest BCUT2D eigenvalue weighted by Crippen LogP contribution is 2.33. The van der Waals surface area contributed by atoms with Crippen LogP contribution in [-0.2, 0) is 26.3 Å². The number of fused-ring (bicyclic) bond motifs is 1. The number of carbonyl (C=O) groups excluding carboxylic acids is 1. The SMILES string of the molecule is COCC1(CNC(=O)N2CCCCO2)OCCc2ccccc21. The van der Waals surface area contributed by atoms with E-state index >= 15 is 0 Å². The Morgan fingerprint density at radius 2 is 2.22 bits per heavy atom. The molecule has 2 aliphatic heterocycles. The van der Waals surface area contributed by atoms with Crippen molar-refractivity contribution in [1.82, 2.24) is 10.4 Å². The lowest BCUT2D eigenvalue weighted by molar-refractivity contribution is -0.142. The van der Waals surface area contributed by atoms with Crippen molar-refractivity contribution in [3.63, 3.8) is 0 Å². The number of urea groups is 1. The summed E-state index contributed by atoms with van der Waals surface area (Å²) in [5.74, 6) is 0. The Hall–Kier alpha value is -1.63. The van der Waals surface area contributed by atoms with Crippen LogP contribution in [0, 0.1) is 0 Å². The second-order valence-electron chi connectivity index (χ2n) is 5.98. The van der Waals surface area contributed by atoms with Gasteiger partial charge in [0.05, 0.1) is 32.9 Å². The first-order valence-electron chi connectivity index (χ1n) is 8.15. The molecule has 1 aromatic carbocycles. The summed E-state index contributed by atoms with van der Waals surface area (Å²) in [6.45, 7) is 2.59. The summed E-state index contributed by atoms with van der Waals surface area (Å²) in [5, 5.41) is 4.35. The maximum atomic E-state index is 12.3. The van der Waals surface area contributed by atoms with Crippen molar-refractivity contribution in [3.8, 4) is 0 Å². The molecule has 2 amide bonds. The summed E-state index contributed by atoms with van der Waals surface area (Å²) in [4.78, 5) is 17.7. The number of carbonyl (C=O) groups is 1. The van der Waals surface area contributed by atoms with E-state index in [1.165, 1.54) is 10.6 Å². The van der Waals surface area contributed by atoms with Crippen molar-refractivity contribution in [3.05, 3.63) is 35.4 Å². The second kappa shape index (κ2) is 7.29. The van der Waals surface area contributed by atoms with Crippen LogP contribution in [0.5, 0.6) is 0 Å². The number of rotatable bonds is 4. The van der Waals surface area contributed by atoms with Crippen LogP contribution in [0.4, 0.5) is 4.79 Å². The summed E-state index contributed by atoms with van der Waals surface area (Å²) < 4.78 is 11.5. The molecule has 0 radical (unpaired) electrons. The lowest BCUT2D eigenvalue weighted by Gasteiger charge is -2.39. The zero-order chi connectivity index (χ0) is 16.1. The van der Waals surface area contributed by atoms with Gasteiger partial charge in [0, 0.05) is 7.11 Å². The molecule has 1 unspecified atom stereocenters. The summed E-state index contributed by atoms with van der Waals surface area (Å²) in [5.41, 5.74) is 1.70. The summed E-state index contributed by atoms with van der Waals surface area (Å²) in [7, 11) is 1.65. The number of hydrogen-bond acceptors (Lipinski definition) is 4. The number of nitrogens with zero attached hydrogens (tertiary/aromatic N) is 1. The third kappa shape index (κ3) is 3.49. The molecule has 1 saturated heterocycles. The van der Waals surface area contributed by atoms with Crippen molar-refractivity contribution < 1.29 is 19.1 Å². The minimum atomic E-state index is -0.644. The third-order valence-corrected chi connectivity index (χ3v) is 4.39. The molecule has 6 heteroatoms. The van der Waals surface area contributed by atoms with Crippen LogP contribution in [-0.4, -0.2) is 51.1 Å². The zero-order valence-corrected chi connectivity index (χ0v) is 13.5. The number of amides is 2. The number of methoxy groups -OCH3 is 1. The Labute approximate surface area is 136 Å². The Morgan fingerprint density at radius 3 is 3.00 bits per heavy atom. The molecule has 2 heterocycles. The van der Waals surface area contributed by atoms with E-state index in [1.807, 2.05) is 12.1 Å². The Kier molecular flexibility index (Phi) is 5.15. The molecule has 1 atom stereocenters. The van der Waals surface area contributed by atoms with Gasteiger partial charge in [-0.1, -0.05) is 24.3 Å². The van der Waals surface area contributed by atoms with Gasteiger partial charge in [0.15, 0.2) is 0 Å². The highest BCUT2D eigenvalue weighted by Gasteiger charge is 2.38. The highest BCUT2D eigenvalue weighted by atomic mass is 16.7. The van der Waals surface area contributed by atoms with Gasteiger partial charge in [-0.3, -0.25) is 4.84 Å². The minimum absolute atomic E-state index is 0.216. The fourth-order valence-corrected chi connectivity index (χ4v) is 3.23. The first-order chi connectivity index (χ1) is 11.2. The van der Waals surface area contributed by atoms with Crippen LogP contribution in [0.3, 0.4) is 0 Å². The van der Waals surface area contributed by atoms with Gasteiger partial charge in [-0.05, 0) is 30.4 Å². The van der Waals surface area contributed by atoms with E-state index in [4.69, 9.17) is 14.3 Å². The molecule has 0 bridgehead atoms. The van der Waals surface area contributed by atoms with Crippen LogP contribution in [0.1, 0.15) is 24.0 Å². The molecule has 0 saturated carbocycles. The zero-order valence-electron chi connectivity index (χ0n) is 13.5. The van der Waals surface area contributed by atoms with Crippen LogP contribution in [0.15, 0.2) is 24.3 Å². The van der Waals surface area contributed by atoms with Gasteiger partial charge < -0.3 is 14.8 Å². The standard InChI is InChI=1S/C17H24N2O4/c1-21-13-17(12-18-16(20)19-9-4-5-10-23-19)15-7-3-2-6-14(15)8-11-22-17/h2-3,6-7H,4-5,8-13H2,1H3,(H,18,20). The van der Waals surface area contributed by atoms with Crippen LogP contribution in [0.25, 0.3) is 0 Å². The van der Waals surface area contributed by atoms with E-state index in [0.29, 0.717) is 32.9 Å². The van der Waals surface area contributed by atoms with Gasteiger partial charge in [0.1, 0.15) is 5.60 Å². The maximum Gasteiger partial charge on any atom is 0.341 e. The van der Waals surface area contributed by atoms with Gasteiger partial charge in [0.25, 0.3) is 0 Å². The molecular formula is C17H24N2O4. The third-order valence-electron chi connectivity index (χ3n) is 4.39. The Balaban J connectivity index is 1.73. The summed E-state index contributed by atoms with van der Waals surface area (Å²) in [6, 6.07) is 7.97. The fraction of sp³-hybridized carbons (Fsp3) is 0.588. The molecule has 2 aliphatic rings. The number of ether oxygens (including phenoxy) is 2. The molecule has 1 aromatic rings. The van der Waals surface area contributed by atoms with Gasteiger partial charge in [0.2, 0.25) is 0 Å². The number of hydrogen-bond donors (Lipinski definition) is 1. The molecule has 1 fully saturated rings. The second-order valence-corrected chi connectivity index (χ2v) is 5.98. The fourth-order valence-electron chi connectivity index (χ4n) is 3.23.